The minimum Gasteiger partial charge on any atom is -0.478 e. The molecule has 1 fully saturated rings. The van der Waals surface area contributed by atoms with Crippen molar-refractivity contribution in [2.45, 2.75) is 18.9 Å². The first-order valence-electron chi connectivity index (χ1n) is 4.40. The summed E-state index contributed by atoms with van der Waals surface area (Å²) in [6.45, 7) is 1.71. The van der Waals surface area contributed by atoms with E-state index in [2.05, 4.69) is 0 Å². The van der Waals surface area contributed by atoms with Gasteiger partial charge in [0.05, 0.1) is 6.10 Å². The van der Waals surface area contributed by atoms with Gasteiger partial charge in [0, 0.05) is 32.5 Å². The van der Waals surface area contributed by atoms with Gasteiger partial charge >= 0.3 is 5.97 Å². The number of rotatable bonds is 3. The highest BCUT2D eigenvalue weighted by molar-refractivity contribution is 5.79. The Kier molecular flexibility index (Phi) is 3.76. The van der Waals surface area contributed by atoms with Crippen LogP contribution in [0.15, 0.2) is 12.3 Å². The van der Waals surface area contributed by atoms with Crippen molar-refractivity contribution in [3.8, 4) is 0 Å². The van der Waals surface area contributed by atoms with Gasteiger partial charge in [-0.3, -0.25) is 0 Å². The molecule has 1 unspecified atom stereocenters. The molecular formula is C9H15NO3. The molecule has 0 amide bonds. The van der Waals surface area contributed by atoms with Crippen LogP contribution in [-0.2, 0) is 9.53 Å². The van der Waals surface area contributed by atoms with Crippen molar-refractivity contribution in [2.75, 3.05) is 20.2 Å². The summed E-state index contributed by atoms with van der Waals surface area (Å²) in [7, 11) is 1.69. The third kappa shape index (κ3) is 3.46. The number of carbonyl (C=O) groups is 1. The molecule has 13 heavy (non-hydrogen) atoms. The predicted molar refractivity (Wildman–Crippen MR) is 48.4 cm³/mol. The highest BCUT2D eigenvalue weighted by Crippen LogP contribution is 2.12. The molecule has 1 aliphatic heterocycles. The van der Waals surface area contributed by atoms with Crippen LogP contribution in [0.1, 0.15) is 12.8 Å². The van der Waals surface area contributed by atoms with E-state index in [-0.39, 0.29) is 6.10 Å². The van der Waals surface area contributed by atoms with Crippen LogP contribution in [-0.4, -0.2) is 42.3 Å². The summed E-state index contributed by atoms with van der Waals surface area (Å²) >= 11 is 0. The van der Waals surface area contributed by atoms with Gasteiger partial charge in [0.25, 0.3) is 0 Å². The van der Waals surface area contributed by atoms with Gasteiger partial charge in [-0.05, 0) is 12.8 Å². The molecule has 1 aliphatic rings. The van der Waals surface area contributed by atoms with Crippen molar-refractivity contribution in [3.63, 3.8) is 0 Å². The molecule has 0 spiro atoms. The zero-order chi connectivity index (χ0) is 9.68. The molecule has 1 saturated heterocycles. The van der Waals surface area contributed by atoms with E-state index in [0.29, 0.717) is 0 Å². The van der Waals surface area contributed by atoms with Crippen molar-refractivity contribution in [2.24, 2.45) is 0 Å². The lowest BCUT2D eigenvalue weighted by Crippen LogP contribution is -2.35. The summed E-state index contributed by atoms with van der Waals surface area (Å²) in [6.07, 6.45) is 5.15. The van der Waals surface area contributed by atoms with Crippen molar-refractivity contribution >= 4 is 5.97 Å². The maximum absolute atomic E-state index is 10.2. The topological polar surface area (TPSA) is 49.8 Å². The fraction of sp³-hybridized carbons (Fsp3) is 0.667. The summed E-state index contributed by atoms with van der Waals surface area (Å²) in [5, 5.41) is 8.42. The predicted octanol–water partition coefficient (Wildman–Crippen LogP) is 0.696. The van der Waals surface area contributed by atoms with Gasteiger partial charge in [-0.25, -0.2) is 4.79 Å². The van der Waals surface area contributed by atoms with Crippen LogP contribution in [0.5, 0.6) is 0 Å². The van der Waals surface area contributed by atoms with E-state index < -0.39 is 5.97 Å². The van der Waals surface area contributed by atoms with Crippen LogP contribution in [0.2, 0.25) is 0 Å². The molecule has 0 aromatic carbocycles. The van der Waals surface area contributed by atoms with Crippen LogP contribution in [0, 0.1) is 0 Å². The second kappa shape index (κ2) is 4.87. The van der Waals surface area contributed by atoms with Crippen LogP contribution in [0.25, 0.3) is 0 Å². The number of methoxy groups -OCH3 is 1. The third-order valence-electron chi connectivity index (χ3n) is 2.17. The van der Waals surface area contributed by atoms with Crippen molar-refractivity contribution in [3.05, 3.63) is 12.3 Å². The van der Waals surface area contributed by atoms with Crippen LogP contribution in [0.4, 0.5) is 0 Å². The number of ether oxygens (including phenoxy) is 1. The average molecular weight is 185 g/mol. The number of hydrogen-bond donors (Lipinski definition) is 1. The molecule has 1 atom stereocenters. The summed E-state index contributed by atoms with van der Waals surface area (Å²) in [4.78, 5) is 12.2. The Morgan fingerprint density at radius 1 is 1.69 bits per heavy atom. The summed E-state index contributed by atoms with van der Waals surface area (Å²) in [6, 6.07) is 0. The van der Waals surface area contributed by atoms with Crippen molar-refractivity contribution < 1.29 is 14.6 Å². The number of carboxylic acid groups (broad SMARTS) is 1. The summed E-state index contributed by atoms with van der Waals surface area (Å²) in [5.41, 5.74) is 0. The molecule has 0 aromatic heterocycles. The highest BCUT2D eigenvalue weighted by Gasteiger charge is 2.16. The molecule has 4 nitrogen and oxygen atoms in total. The van der Waals surface area contributed by atoms with Crippen molar-refractivity contribution in [1.29, 1.82) is 0 Å². The highest BCUT2D eigenvalue weighted by atomic mass is 16.5. The molecule has 0 bridgehead atoms. The maximum Gasteiger partial charge on any atom is 0.329 e. The zero-order valence-electron chi connectivity index (χ0n) is 7.77. The number of nitrogens with zero attached hydrogens (tertiary/aromatic N) is 1. The quantitative estimate of drug-likeness (QED) is 0.657. The lowest BCUT2D eigenvalue weighted by Gasteiger charge is -2.30. The largest absolute Gasteiger partial charge is 0.478 e. The molecule has 0 aliphatic carbocycles. The molecule has 0 aromatic rings. The van der Waals surface area contributed by atoms with Gasteiger partial charge < -0.3 is 14.7 Å². The van der Waals surface area contributed by atoms with Gasteiger partial charge in [-0.15, -0.1) is 0 Å². The monoisotopic (exact) mass is 185 g/mol. The normalized spacial score (nSPS) is 23.8. The first-order chi connectivity index (χ1) is 6.22. The Balaban J connectivity index is 2.38. The summed E-state index contributed by atoms with van der Waals surface area (Å²) in [5.74, 6) is -0.903. The maximum atomic E-state index is 10.2. The second-order valence-corrected chi connectivity index (χ2v) is 3.15. The van der Waals surface area contributed by atoms with E-state index in [1.807, 2.05) is 4.90 Å². The average Bonchev–Trinajstić information content (AvgIpc) is 2.15. The molecule has 0 radical (unpaired) electrons. The lowest BCUT2D eigenvalue weighted by atomic mass is 10.1. The van der Waals surface area contributed by atoms with Gasteiger partial charge in [0.1, 0.15) is 0 Å². The van der Waals surface area contributed by atoms with Gasteiger partial charge in [0.15, 0.2) is 0 Å². The number of piperidine rings is 1. The molecule has 0 saturated carbocycles. The number of likely N-dealkylation sites (tertiary alicyclic amines) is 1. The third-order valence-corrected chi connectivity index (χ3v) is 2.17. The number of aliphatic carboxylic acids is 1. The van der Waals surface area contributed by atoms with Gasteiger partial charge in [-0.2, -0.15) is 0 Å². The van der Waals surface area contributed by atoms with E-state index in [0.717, 1.165) is 32.0 Å². The first-order valence-corrected chi connectivity index (χ1v) is 4.40. The fourth-order valence-corrected chi connectivity index (χ4v) is 1.46. The van der Waals surface area contributed by atoms with E-state index in [4.69, 9.17) is 9.84 Å². The summed E-state index contributed by atoms with van der Waals surface area (Å²) < 4.78 is 5.21. The molecular weight excluding hydrogens is 170 g/mol. The zero-order valence-corrected chi connectivity index (χ0v) is 7.77. The SMILES string of the molecule is COC1CCCN(/C=C/C(=O)O)C1. The fourth-order valence-electron chi connectivity index (χ4n) is 1.46. The minimum absolute atomic E-state index is 0.243. The molecule has 4 heteroatoms. The second-order valence-electron chi connectivity index (χ2n) is 3.15. The molecule has 1 N–H and O–H groups in total. The van der Waals surface area contributed by atoms with Crippen LogP contribution >= 0.6 is 0 Å². The Morgan fingerprint density at radius 2 is 2.46 bits per heavy atom. The van der Waals surface area contributed by atoms with Crippen LogP contribution < -0.4 is 0 Å². The Morgan fingerprint density at radius 3 is 3.08 bits per heavy atom. The molecule has 1 heterocycles. The molecule has 74 valence electrons. The van der Waals surface area contributed by atoms with E-state index in [1.54, 1.807) is 13.3 Å². The van der Waals surface area contributed by atoms with Gasteiger partial charge in [-0.1, -0.05) is 0 Å². The smallest absolute Gasteiger partial charge is 0.329 e. The Hall–Kier alpha value is -1.03. The van der Waals surface area contributed by atoms with Crippen molar-refractivity contribution in [1.82, 2.24) is 4.90 Å². The standard InChI is InChI=1S/C9H15NO3/c1-13-8-3-2-5-10(7-8)6-4-9(11)12/h4,6,8H,2-3,5,7H2,1H3,(H,11,12)/b6-4+. The van der Waals surface area contributed by atoms with E-state index >= 15 is 0 Å². The lowest BCUT2D eigenvalue weighted by molar-refractivity contribution is -0.131. The van der Waals surface area contributed by atoms with E-state index in [1.165, 1.54) is 0 Å². The van der Waals surface area contributed by atoms with Gasteiger partial charge in [0.2, 0.25) is 0 Å². The van der Waals surface area contributed by atoms with Crippen LogP contribution in [0.3, 0.4) is 0 Å². The number of carboxylic acids is 1. The minimum atomic E-state index is -0.903. The van der Waals surface area contributed by atoms with E-state index in [9.17, 15) is 4.79 Å². The Labute approximate surface area is 77.8 Å². The Bertz CT molecular complexity index is 203. The molecule has 1 rings (SSSR count). The first kappa shape index (κ1) is 10.1. The number of hydrogen-bond acceptors (Lipinski definition) is 3.